The first-order chi connectivity index (χ1) is 10.2. The van der Waals surface area contributed by atoms with Crippen LogP contribution in [0.2, 0.25) is 0 Å². The highest BCUT2D eigenvalue weighted by molar-refractivity contribution is 5.80. The van der Waals surface area contributed by atoms with Crippen LogP contribution in [0.4, 0.5) is 5.69 Å². The molecule has 2 bridgehead atoms. The standard InChI is InChI=1S/C17H25N3O/c1-20(14-6-3-2-4-7-14)11-5-10-18-17(21)15-12-13-8-9-16(15)19-13/h2-4,6-7,13,15-16,19H,5,8-12H2,1H3,(H,18,21). The molecular weight excluding hydrogens is 262 g/mol. The number of hydrogen-bond acceptors (Lipinski definition) is 3. The summed E-state index contributed by atoms with van der Waals surface area (Å²) in [6.45, 7) is 1.73. The topological polar surface area (TPSA) is 44.4 Å². The third-order valence-corrected chi connectivity index (χ3v) is 4.80. The number of carbonyl (C=O) groups excluding carboxylic acids is 1. The van der Waals surface area contributed by atoms with Crippen LogP contribution in [0.15, 0.2) is 30.3 Å². The second kappa shape index (κ2) is 6.48. The predicted octanol–water partition coefficient (Wildman–Crippen LogP) is 1.77. The molecule has 3 rings (SSSR count). The lowest BCUT2D eigenvalue weighted by molar-refractivity contribution is -0.125. The Morgan fingerprint density at radius 1 is 1.33 bits per heavy atom. The Hall–Kier alpha value is -1.55. The van der Waals surface area contributed by atoms with E-state index in [9.17, 15) is 4.79 Å². The molecule has 21 heavy (non-hydrogen) atoms. The van der Waals surface area contributed by atoms with Gasteiger partial charge in [0.05, 0.1) is 5.92 Å². The Morgan fingerprint density at radius 3 is 2.81 bits per heavy atom. The van der Waals surface area contributed by atoms with Gasteiger partial charge in [0.2, 0.25) is 5.91 Å². The molecule has 2 saturated heterocycles. The Morgan fingerprint density at radius 2 is 2.14 bits per heavy atom. The summed E-state index contributed by atoms with van der Waals surface area (Å²) in [7, 11) is 2.09. The minimum absolute atomic E-state index is 0.204. The SMILES string of the molecule is CN(CCCNC(=O)C1CC2CCC1N2)c1ccccc1. The van der Waals surface area contributed by atoms with Crippen LogP contribution in [0.25, 0.3) is 0 Å². The molecule has 1 aromatic rings. The molecule has 3 atom stereocenters. The van der Waals surface area contributed by atoms with E-state index in [1.165, 1.54) is 18.5 Å². The Balaban J connectivity index is 1.36. The average Bonchev–Trinajstić information content (AvgIpc) is 3.15. The Labute approximate surface area is 126 Å². The van der Waals surface area contributed by atoms with Crippen LogP contribution in [-0.4, -0.2) is 38.1 Å². The third-order valence-electron chi connectivity index (χ3n) is 4.80. The number of hydrogen-bond donors (Lipinski definition) is 2. The van der Waals surface area contributed by atoms with Gasteiger partial charge in [-0.05, 0) is 37.8 Å². The van der Waals surface area contributed by atoms with E-state index in [0.29, 0.717) is 12.1 Å². The van der Waals surface area contributed by atoms with Crippen LogP contribution in [-0.2, 0) is 4.79 Å². The molecule has 2 aliphatic rings. The van der Waals surface area contributed by atoms with Crippen LogP contribution in [0.5, 0.6) is 0 Å². The number of rotatable bonds is 6. The zero-order valence-electron chi connectivity index (χ0n) is 12.7. The monoisotopic (exact) mass is 287 g/mol. The van der Waals surface area contributed by atoms with Gasteiger partial charge >= 0.3 is 0 Å². The van der Waals surface area contributed by atoms with Crippen molar-refractivity contribution in [1.29, 1.82) is 0 Å². The van der Waals surface area contributed by atoms with Crippen molar-refractivity contribution in [2.45, 2.75) is 37.8 Å². The first-order valence-electron chi connectivity index (χ1n) is 8.04. The lowest BCUT2D eigenvalue weighted by atomic mass is 9.88. The lowest BCUT2D eigenvalue weighted by Crippen LogP contribution is -2.38. The number of carbonyl (C=O) groups is 1. The lowest BCUT2D eigenvalue weighted by Gasteiger charge is -2.21. The van der Waals surface area contributed by atoms with Crippen LogP contribution < -0.4 is 15.5 Å². The molecule has 0 spiro atoms. The fourth-order valence-corrected chi connectivity index (χ4v) is 3.58. The Kier molecular flexibility index (Phi) is 4.44. The second-order valence-electron chi connectivity index (χ2n) is 6.29. The summed E-state index contributed by atoms with van der Waals surface area (Å²) >= 11 is 0. The molecule has 0 radical (unpaired) electrons. The molecule has 0 aliphatic carbocycles. The van der Waals surface area contributed by atoms with Crippen molar-refractivity contribution < 1.29 is 4.79 Å². The van der Waals surface area contributed by atoms with Crippen molar-refractivity contribution >= 4 is 11.6 Å². The molecule has 0 aromatic heterocycles. The molecule has 2 aliphatic heterocycles. The van der Waals surface area contributed by atoms with Gasteiger partial charge in [-0.2, -0.15) is 0 Å². The van der Waals surface area contributed by atoms with Gasteiger partial charge in [0.25, 0.3) is 0 Å². The summed E-state index contributed by atoms with van der Waals surface area (Å²) < 4.78 is 0. The van der Waals surface area contributed by atoms with E-state index in [1.54, 1.807) is 0 Å². The maximum atomic E-state index is 12.2. The number of amides is 1. The molecule has 2 heterocycles. The van der Waals surface area contributed by atoms with Crippen molar-refractivity contribution in [1.82, 2.24) is 10.6 Å². The van der Waals surface area contributed by atoms with Crippen molar-refractivity contribution in [2.24, 2.45) is 5.92 Å². The van der Waals surface area contributed by atoms with Crippen LogP contribution >= 0.6 is 0 Å². The predicted molar refractivity (Wildman–Crippen MR) is 85.4 cm³/mol. The van der Waals surface area contributed by atoms with Crippen LogP contribution in [0, 0.1) is 5.92 Å². The zero-order chi connectivity index (χ0) is 14.7. The van der Waals surface area contributed by atoms with Gasteiger partial charge < -0.3 is 15.5 Å². The van der Waals surface area contributed by atoms with Crippen LogP contribution in [0.3, 0.4) is 0 Å². The number of nitrogens with one attached hydrogen (secondary N) is 2. The molecule has 2 fully saturated rings. The van der Waals surface area contributed by atoms with Crippen molar-refractivity contribution in [3.05, 3.63) is 30.3 Å². The van der Waals surface area contributed by atoms with Gasteiger partial charge in [-0.25, -0.2) is 0 Å². The van der Waals surface area contributed by atoms with Crippen LogP contribution in [0.1, 0.15) is 25.7 Å². The summed E-state index contributed by atoms with van der Waals surface area (Å²) in [5, 5.41) is 6.63. The molecule has 2 N–H and O–H groups in total. The molecule has 1 aromatic carbocycles. The van der Waals surface area contributed by atoms with Gasteiger partial charge in [0, 0.05) is 37.9 Å². The maximum Gasteiger partial charge on any atom is 0.224 e. The summed E-state index contributed by atoms with van der Waals surface area (Å²) in [6, 6.07) is 11.4. The van der Waals surface area contributed by atoms with Gasteiger partial charge in [-0.15, -0.1) is 0 Å². The van der Waals surface area contributed by atoms with Crippen molar-refractivity contribution in [3.63, 3.8) is 0 Å². The summed E-state index contributed by atoms with van der Waals surface area (Å²) in [6.07, 6.45) is 4.42. The largest absolute Gasteiger partial charge is 0.375 e. The van der Waals surface area contributed by atoms with Crippen molar-refractivity contribution in [3.8, 4) is 0 Å². The smallest absolute Gasteiger partial charge is 0.224 e. The number of nitrogens with zero attached hydrogens (tertiary/aromatic N) is 1. The molecule has 114 valence electrons. The highest BCUT2D eigenvalue weighted by Crippen LogP contribution is 2.33. The van der Waals surface area contributed by atoms with E-state index < -0.39 is 0 Å². The summed E-state index contributed by atoms with van der Waals surface area (Å²) in [4.78, 5) is 14.4. The summed E-state index contributed by atoms with van der Waals surface area (Å²) in [5.74, 6) is 0.452. The minimum Gasteiger partial charge on any atom is -0.375 e. The molecule has 4 heteroatoms. The van der Waals surface area contributed by atoms with E-state index >= 15 is 0 Å². The van der Waals surface area contributed by atoms with Gasteiger partial charge in [-0.3, -0.25) is 4.79 Å². The van der Waals surface area contributed by atoms with Gasteiger partial charge in [-0.1, -0.05) is 18.2 Å². The molecule has 4 nitrogen and oxygen atoms in total. The highest BCUT2D eigenvalue weighted by Gasteiger charge is 2.42. The van der Waals surface area contributed by atoms with E-state index in [-0.39, 0.29) is 11.8 Å². The fourth-order valence-electron chi connectivity index (χ4n) is 3.58. The maximum absolute atomic E-state index is 12.2. The normalized spacial score (nSPS) is 26.8. The van der Waals surface area contributed by atoms with Crippen molar-refractivity contribution in [2.75, 3.05) is 25.0 Å². The summed E-state index contributed by atoms with van der Waals surface area (Å²) in [5.41, 5.74) is 1.22. The number of fused-ring (bicyclic) bond motifs is 2. The average molecular weight is 287 g/mol. The molecule has 3 unspecified atom stereocenters. The Bertz CT molecular complexity index is 476. The van der Waals surface area contributed by atoms with E-state index in [1.807, 2.05) is 6.07 Å². The van der Waals surface area contributed by atoms with E-state index in [0.717, 1.165) is 25.9 Å². The molecular formula is C17H25N3O. The first-order valence-corrected chi connectivity index (χ1v) is 8.04. The van der Waals surface area contributed by atoms with Gasteiger partial charge in [0.15, 0.2) is 0 Å². The zero-order valence-corrected chi connectivity index (χ0v) is 12.7. The minimum atomic E-state index is 0.204. The highest BCUT2D eigenvalue weighted by atomic mass is 16.1. The molecule has 0 saturated carbocycles. The number of para-hydroxylation sites is 1. The van der Waals surface area contributed by atoms with E-state index in [2.05, 4.69) is 46.8 Å². The quantitative estimate of drug-likeness (QED) is 0.784. The third kappa shape index (κ3) is 3.38. The van der Waals surface area contributed by atoms with E-state index in [4.69, 9.17) is 0 Å². The fraction of sp³-hybridized carbons (Fsp3) is 0.588. The van der Waals surface area contributed by atoms with Gasteiger partial charge in [0.1, 0.15) is 0 Å². The number of benzene rings is 1. The number of anilines is 1. The first kappa shape index (κ1) is 14.4. The second-order valence-corrected chi connectivity index (χ2v) is 6.29. The molecule has 1 amide bonds.